The van der Waals surface area contributed by atoms with Crippen molar-refractivity contribution in [2.24, 2.45) is 0 Å². The van der Waals surface area contributed by atoms with Crippen molar-refractivity contribution in [3.63, 3.8) is 0 Å². The molecule has 0 aromatic heterocycles. The van der Waals surface area contributed by atoms with E-state index in [-0.39, 0.29) is 5.54 Å². The lowest BCUT2D eigenvalue weighted by molar-refractivity contribution is -0.0543. The highest BCUT2D eigenvalue weighted by Crippen LogP contribution is 2.27. The molecule has 90 valence electrons. The minimum Gasteiger partial charge on any atom is -0.388 e. The number of likely N-dealkylation sites (tertiary alicyclic amines) is 1. The second-order valence-corrected chi connectivity index (χ2v) is 6.12. The monoisotopic (exact) mass is 214 g/mol. The van der Waals surface area contributed by atoms with Gasteiger partial charge in [0, 0.05) is 25.2 Å². The van der Waals surface area contributed by atoms with Gasteiger partial charge in [-0.3, -0.25) is 4.90 Å². The van der Waals surface area contributed by atoms with Gasteiger partial charge in [0.05, 0.1) is 5.60 Å². The molecule has 1 aliphatic heterocycles. The van der Waals surface area contributed by atoms with E-state index in [2.05, 4.69) is 30.6 Å². The van der Waals surface area contributed by atoms with Crippen molar-refractivity contribution >= 4 is 0 Å². The second kappa shape index (κ2) is 4.40. The molecule has 1 saturated heterocycles. The van der Waals surface area contributed by atoms with E-state index in [4.69, 9.17) is 0 Å². The number of hydrogen-bond donors (Lipinski definition) is 1. The van der Waals surface area contributed by atoms with Gasteiger partial charge in [0.2, 0.25) is 0 Å². The van der Waals surface area contributed by atoms with Gasteiger partial charge in [-0.25, -0.2) is 0 Å². The van der Waals surface area contributed by atoms with Crippen LogP contribution in [0.3, 0.4) is 0 Å². The minimum atomic E-state index is -0.467. The van der Waals surface area contributed by atoms with E-state index < -0.39 is 5.60 Å². The van der Waals surface area contributed by atoms with E-state index in [1.54, 1.807) is 0 Å². The molecule has 0 radical (unpaired) electrons. The van der Waals surface area contributed by atoms with Crippen molar-refractivity contribution in [3.05, 3.63) is 0 Å². The number of nitrogens with zero attached hydrogens (tertiary/aromatic N) is 2. The van der Waals surface area contributed by atoms with Crippen LogP contribution in [0.15, 0.2) is 0 Å². The number of likely N-dealkylation sites (N-methyl/N-ethyl adjacent to an activating group) is 1. The van der Waals surface area contributed by atoms with Crippen LogP contribution >= 0.6 is 0 Å². The summed E-state index contributed by atoms with van der Waals surface area (Å²) in [7, 11) is 4.04. The van der Waals surface area contributed by atoms with E-state index in [1.807, 2.05) is 14.1 Å². The van der Waals surface area contributed by atoms with E-state index in [0.29, 0.717) is 0 Å². The van der Waals surface area contributed by atoms with Crippen molar-refractivity contribution in [2.45, 2.75) is 44.8 Å². The second-order valence-electron chi connectivity index (χ2n) is 6.12. The number of rotatable bonds is 2. The highest BCUT2D eigenvalue weighted by molar-refractivity contribution is 4.91. The summed E-state index contributed by atoms with van der Waals surface area (Å²) in [6, 6.07) is 0. The van der Waals surface area contributed by atoms with Gasteiger partial charge in [-0.15, -0.1) is 0 Å². The topological polar surface area (TPSA) is 26.7 Å². The van der Waals surface area contributed by atoms with Gasteiger partial charge in [-0.05, 0) is 47.7 Å². The predicted molar refractivity (Wildman–Crippen MR) is 64.1 cm³/mol. The Labute approximate surface area is 94.1 Å². The van der Waals surface area contributed by atoms with Gasteiger partial charge in [0.15, 0.2) is 0 Å². The van der Waals surface area contributed by atoms with Gasteiger partial charge in [0.25, 0.3) is 0 Å². The normalized spacial score (nSPS) is 23.4. The fourth-order valence-electron chi connectivity index (χ4n) is 2.34. The van der Waals surface area contributed by atoms with Crippen molar-refractivity contribution in [1.82, 2.24) is 9.80 Å². The fourth-order valence-corrected chi connectivity index (χ4v) is 2.34. The minimum absolute atomic E-state index is 0.236. The lowest BCUT2D eigenvalue weighted by Crippen LogP contribution is -2.54. The molecule has 1 fully saturated rings. The van der Waals surface area contributed by atoms with E-state index in [9.17, 15) is 5.11 Å². The van der Waals surface area contributed by atoms with Crippen LogP contribution in [0, 0.1) is 0 Å². The molecule has 1 rings (SSSR count). The molecule has 0 aromatic rings. The Morgan fingerprint density at radius 3 is 2.00 bits per heavy atom. The van der Waals surface area contributed by atoms with E-state index >= 15 is 0 Å². The van der Waals surface area contributed by atoms with Crippen LogP contribution in [-0.4, -0.2) is 59.8 Å². The molecule has 3 nitrogen and oxygen atoms in total. The quantitative estimate of drug-likeness (QED) is 0.747. The average molecular weight is 214 g/mol. The largest absolute Gasteiger partial charge is 0.388 e. The summed E-state index contributed by atoms with van der Waals surface area (Å²) in [6.07, 6.45) is 1.78. The summed E-state index contributed by atoms with van der Waals surface area (Å²) >= 11 is 0. The average Bonchev–Trinajstić information content (AvgIpc) is 2.00. The van der Waals surface area contributed by atoms with Gasteiger partial charge in [-0.2, -0.15) is 0 Å². The maximum atomic E-state index is 10.4. The third-order valence-corrected chi connectivity index (χ3v) is 3.25. The van der Waals surface area contributed by atoms with Gasteiger partial charge in [0.1, 0.15) is 0 Å². The van der Waals surface area contributed by atoms with Crippen LogP contribution in [0.5, 0.6) is 0 Å². The highest BCUT2D eigenvalue weighted by Gasteiger charge is 2.35. The zero-order valence-corrected chi connectivity index (χ0v) is 10.9. The van der Waals surface area contributed by atoms with Gasteiger partial charge in [-0.1, -0.05) is 0 Å². The smallest absolute Gasteiger partial charge is 0.0798 e. The predicted octanol–water partition coefficient (Wildman–Crippen LogP) is 1.17. The number of hydrogen-bond acceptors (Lipinski definition) is 3. The SMILES string of the molecule is CN(C)CC1(O)CCN(C(C)(C)C)CC1. The molecule has 0 saturated carbocycles. The summed E-state index contributed by atoms with van der Waals surface area (Å²) in [6.45, 7) is 9.52. The molecule has 1 aliphatic rings. The van der Waals surface area contributed by atoms with Crippen LogP contribution in [0.25, 0.3) is 0 Å². The molecule has 0 amide bonds. The molecule has 1 N–H and O–H groups in total. The molecule has 0 unspecified atom stereocenters. The molecule has 15 heavy (non-hydrogen) atoms. The first-order valence-electron chi connectivity index (χ1n) is 5.85. The van der Waals surface area contributed by atoms with E-state index in [1.165, 1.54) is 0 Å². The maximum Gasteiger partial charge on any atom is 0.0798 e. The lowest BCUT2D eigenvalue weighted by atomic mass is 9.88. The molecule has 0 aliphatic carbocycles. The maximum absolute atomic E-state index is 10.4. The Morgan fingerprint density at radius 2 is 1.67 bits per heavy atom. The van der Waals surface area contributed by atoms with Crippen molar-refractivity contribution < 1.29 is 5.11 Å². The van der Waals surface area contributed by atoms with Crippen molar-refractivity contribution in [3.8, 4) is 0 Å². The molecule has 3 heteroatoms. The fraction of sp³-hybridized carbons (Fsp3) is 1.00. The molecule has 0 atom stereocenters. The van der Waals surface area contributed by atoms with E-state index in [0.717, 1.165) is 32.5 Å². The highest BCUT2D eigenvalue weighted by atomic mass is 16.3. The first kappa shape index (κ1) is 12.9. The first-order valence-corrected chi connectivity index (χ1v) is 5.85. The van der Waals surface area contributed by atoms with Crippen molar-refractivity contribution in [2.75, 3.05) is 33.7 Å². The summed E-state index contributed by atoms with van der Waals surface area (Å²) in [5.74, 6) is 0. The third kappa shape index (κ3) is 3.74. The molecular formula is C12H26N2O. The Bertz CT molecular complexity index is 200. The number of aliphatic hydroxyl groups is 1. The molecule has 0 spiro atoms. The Kier molecular flexibility index (Phi) is 3.80. The third-order valence-electron chi connectivity index (χ3n) is 3.25. The van der Waals surface area contributed by atoms with Crippen LogP contribution < -0.4 is 0 Å². The molecule has 0 bridgehead atoms. The van der Waals surface area contributed by atoms with Gasteiger partial charge < -0.3 is 10.0 Å². The van der Waals surface area contributed by atoms with Crippen LogP contribution in [0.1, 0.15) is 33.6 Å². The first-order chi connectivity index (χ1) is 6.73. The van der Waals surface area contributed by atoms with Crippen LogP contribution in [-0.2, 0) is 0 Å². The summed E-state index contributed by atoms with van der Waals surface area (Å²) < 4.78 is 0. The summed E-state index contributed by atoms with van der Waals surface area (Å²) in [5, 5.41) is 10.4. The standard InChI is InChI=1S/C12H26N2O/c1-11(2,3)14-8-6-12(15,7-9-14)10-13(4)5/h15H,6-10H2,1-5H3. The number of piperidine rings is 1. The zero-order valence-electron chi connectivity index (χ0n) is 10.9. The van der Waals surface area contributed by atoms with Gasteiger partial charge >= 0.3 is 0 Å². The molecule has 0 aromatic carbocycles. The van der Waals surface area contributed by atoms with Crippen molar-refractivity contribution in [1.29, 1.82) is 0 Å². The molecule has 1 heterocycles. The van der Waals surface area contributed by atoms with Crippen LogP contribution in [0.2, 0.25) is 0 Å². The lowest BCUT2D eigenvalue weighted by Gasteiger charge is -2.45. The molecular weight excluding hydrogens is 188 g/mol. The Hall–Kier alpha value is -0.120. The summed E-state index contributed by atoms with van der Waals surface area (Å²) in [5.41, 5.74) is -0.231. The Morgan fingerprint density at radius 1 is 1.20 bits per heavy atom. The summed E-state index contributed by atoms with van der Waals surface area (Å²) in [4.78, 5) is 4.53. The zero-order chi connectivity index (χ0) is 11.7. The van der Waals surface area contributed by atoms with Crippen LogP contribution in [0.4, 0.5) is 0 Å². The Balaban J connectivity index is 2.48.